The van der Waals surface area contributed by atoms with Gasteiger partial charge in [0.15, 0.2) is 0 Å². The van der Waals surface area contributed by atoms with Gasteiger partial charge in [0.25, 0.3) is 0 Å². The van der Waals surface area contributed by atoms with E-state index in [9.17, 15) is 4.39 Å². The molecule has 106 valence electrons. The van der Waals surface area contributed by atoms with Gasteiger partial charge in [-0.1, -0.05) is 29.0 Å². The first-order chi connectivity index (χ1) is 9.72. The average molecular weight is 312 g/mol. The quantitative estimate of drug-likeness (QED) is 0.827. The number of nitrogens with zero attached hydrogens (tertiary/aromatic N) is 2. The van der Waals surface area contributed by atoms with E-state index >= 15 is 0 Å². The van der Waals surface area contributed by atoms with E-state index in [-0.39, 0.29) is 5.02 Å². The first-order valence-corrected chi connectivity index (χ1v) is 7.93. The minimum Gasteiger partial charge on any atom is -0.314 e. The predicted molar refractivity (Wildman–Crippen MR) is 79.7 cm³/mol. The molecule has 1 heterocycles. The number of hydrogen-bond donors (Lipinski definition) is 1. The third kappa shape index (κ3) is 3.53. The van der Waals surface area contributed by atoms with Crippen molar-refractivity contribution in [3.8, 4) is 10.6 Å². The molecule has 1 saturated carbocycles. The zero-order valence-electron chi connectivity index (χ0n) is 10.9. The molecule has 0 amide bonds. The predicted octanol–water partition coefficient (Wildman–Crippen LogP) is 3.68. The second kappa shape index (κ2) is 6.16. The monoisotopic (exact) mass is 311 g/mol. The molecule has 0 saturated heterocycles. The summed E-state index contributed by atoms with van der Waals surface area (Å²) in [6, 6.07) is 5.47. The van der Waals surface area contributed by atoms with Crippen LogP contribution in [0.4, 0.5) is 4.39 Å². The molecule has 6 heteroatoms. The van der Waals surface area contributed by atoms with Crippen molar-refractivity contribution in [3.05, 3.63) is 34.0 Å². The van der Waals surface area contributed by atoms with Crippen LogP contribution in [-0.2, 0) is 6.42 Å². The van der Waals surface area contributed by atoms with Crippen LogP contribution in [0.3, 0.4) is 0 Å². The Bertz CT molecular complexity index is 598. The van der Waals surface area contributed by atoms with Crippen LogP contribution in [0.5, 0.6) is 0 Å². The Kier molecular flexibility index (Phi) is 4.29. The molecule has 1 aromatic carbocycles. The molecule has 1 N–H and O–H groups in total. The average Bonchev–Trinajstić information content (AvgIpc) is 3.15. The van der Waals surface area contributed by atoms with Gasteiger partial charge in [0.2, 0.25) is 0 Å². The molecule has 0 spiro atoms. The molecule has 0 radical (unpaired) electrons. The molecule has 2 aromatic rings. The molecular formula is C14H15ClFN3S. The number of benzene rings is 1. The highest BCUT2D eigenvalue weighted by molar-refractivity contribution is 7.14. The third-order valence-corrected chi connectivity index (χ3v) is 4.55. The number of rotatable bonds is 6. The fourth-order valence-corrected chi connectivity index (χ4v) is 2.93. The summed E-state index contributed by atoms with van der Waals surface area (Å²) in [4.78, 5) is 0. The molecule has 20 heavy (non-hydrogen) atoms. The summed E-state index contributed by atoms with van der Waals surface area (Å²) in [5.74, 6) is -0.422. The van der Waals surface area contributed by atoms with E-state index in [0.717, 1.165) is 41.0 Å². The second-order valence-corrected chi connectivity index (χ2v) is 6.43. The lowest BCUT2D eigenvalue weighted by Crippen LogP contribution is -2.17. The lowest BCUT2D eigenvalue weighted by molar-refractivity contribution is 0.628. The normalized spacial score (nSPS) is 14.7. The van der Waals surface area contributed by atoms with E-state index in [1.165, 1.54) is 30.2 Å². The van der Waals surface area contributed by atoms with E-state index in [0.29, 0.717) is 0 Å². The molecule has 0 atom stereocenters. The molecule has 3 rings (SSSR count). The Morgan fingerprint density at radius 1 is 1.35 bits per heavy atom. The maximum atomic E-state index is 13.4. The number of aromatic nitrogens is 2. The van der Waals surface area contributed by atoms with Crippen molar-refractivity contribution in [2.24, 2.45) is 0 Å². The lowest BCUT2D eigenvalue weighted by atomic mass is 10.2. The van der Waals surface area contributed by atoms with E-state index in [2.05, 4.69) is 15.5 Å². The summed E-state index contributed by atoms with van der Waals surface area (Å²) in [7, 11) is 0. The van der Waals surface area contributed by atoms with E-state index in [4.69, 9.17) is 11.6 Å². The number of halogens is 2. The van der Waals surface area contributed by atoms with E-state index in [1.807, 2.05) is 0 Å². The molecule has 0 bridgehead atoms. The Morgan fingerprint density at radius 2 is 2.20 bits per heavy atom. The molecular weight excluding hydrogens is 297 g/mol. The van der Waals surface area contributed by atoms with Crippen molar-refractivity contribution in [3.63, 3.8) is 0 Å². The van der Waals surface area contributed by atoms with Gasteiger partial charge >= 0.3 is 0 Å². The van der Waals surface area contributed by atoms with Crippen molar-refractivity contribution in [1.29, 1.82) is 0 Å². The van der Waals surface area contributed by atoms with Crippen LogP contribution in [0.1, 0.15) is 24.3 Å². The topological polar surface area (TPSA) is 37.8 Å². The summed E-state index contributed by atoms with van der Waals surface area (Å²) < 4.78 is 13.4. The summed E-state index contributed by atoms with van der Waals surface area (Å²) in [5.41, 5.74) is 0.728. The number of nitrogens with one attached hydrogen (secondary N) is 1. The van der Waals surface area contributed by atoms with Gasteiger partial charge < -0.3 is 5.32 Å². The fraction of sp³-hybridized carbons (Fsp3) is 0.429. The Balaban J connectivity index is 1.58. The van der Waals surface area contributed by atoms with Gasteiger partial charge in [0.1, 0.15) is 15.8 Å². The fourth-order valence-electron chi connectivity index (χ4n) is 1.93. The minimum atomic E-state index is -0.422. The second-order valence-electron chi connectivity index (χ2n) is 4.96. The van der Waals surface area contributed by atoms with Gasteiger partial charge in [0.05, 0.1) is 5.02 Å². The Labute approximate surface area is 126 Å². The van der Waals surface area contributed by atoms with Crippen molar-refractivity contribution in [2.75, 3.05) is 6.54 Å². The van der Waals surface area contributed by atoms with Crippen LogP contribution >= 0.6 is 22.9 Å². The van der Waals surface area contributed by atoms with E-state index in [1.54, 1.807) is 12.1 Å². The lowest BCUT2D eigenvalue weighted by Gasteiger charge is -1.99. The maximum Gasteiger partial charge on any atom is 0.147 e. The molecule has 1 aliphatic rings. The minimum absolute atomic E-state index is 0.129. The Hall–Kier alpha value is -1.04. The largest absolute Gasteiger partial charge is 0.314 e. The summed E-state index contributed by atoms with van der Waals surface area (Å²) in [6.45, 7) is 1.02. The molecule has 1 fully saturated rings. The molecule has 0 unspecified atom stereocenters. The highest BCUT2D eigenvalue weighted by atomic mass is 35.5. The summed E-state index contributed by atoms with van der Waals surface area (Å²) >= 11 is 7.19. The van der Waals surface area contributed by atoms with Gasteiger partial charge in [-0.3, -0.25) is 0 Å². The standard InChI is InChI=1S/C14H15ClFN3S/c15-11-6-3-9(8-12(11)16)14-19-18-13(20-14)2-1-7-17-10-4-5-10/h3,6,8,10,17H,1-2,4-5,7H2. The van der Waals surface area contributed by atoms with E-state index < -0.39 is 5.82 Å². The van der Waals surface area contributed by atoms with Gasteiger partial charge in [-0.05, 0) is 37.9 Å². The van der Waals surface area contributed by atoms with Crippen LogP contribution in [0.15, 0.2) is 18.2 Å². The van der Waals surface area contributed by atoms with Crippen LogP contribution in [-0.4, -0.2) is 22.8 Å². The van der Waals surface area contributed by atoms with Gasteiger partial charge in [-0.25, -0.2) is 4.39 Å². The number of hydrogen-bond acceptors (Lipinski definition) is 4. The first kappa shape index (κ1) is 13.9. The smallest absolute Gasteiger partial charge is 0.147 e. The number of aryl methyl sites for hydroxylation is 1. The van der Waals surface area contributed by atoms with Crippen LogP contribution in [0, 0.1) is 5.82 Å². The van der Waals surface area contributed by atoms with Gasteiger partial charge in [0, 0.05) is 18.0 Å². The third-order valence-electron chi connectivity index (χ3n) is 3.21. The van der Waals surface area contributed by atoms with Crippen LogP contribution < -0.4 is 5.32 Å². The summed E-state index contributed by atoms with van der Waals surface area (Å²) in [5, 5.41) is 13.6. The first-order valence-electron chi connectivity index (χ1n) is 6.73. The van der Waals surface area contributed by atoms with Crippen molar-refractivity contribution >= 4 is 22.9 Å². The van der Waals surface area contributed by atoms with Crippen molar-refractivity contribution in [1.82, 2.24) is 15.5 Å². The summed E-state index contributed by atoms with van der Waals surface area (Å²) in [6.07, 6.45) is 4.59. The SMILES string of the molecule is Fc1cc(-c2nnc(CCCNC3CC3)s2)ccc1Cl. The van der Waals surface area contributed by atoms with Crippen molar-refractivity contribution in [2.45, 2.75) is 31.7 Å². The molecule has 0 aliphatic heterocycles. The van der Waals surface area contributed by atoms with Crippen LogP contribution in [0.2, 0.25) is 5.02 Å². The van der Waals surface area contributed by atoms with Crippen molar-refractivity contribution < 1.29 is 4.39 Å². The molecule has 1 aliphatic carbocycles. The molecule has 1 aromatic heterocycles. The Morgan fingerprint density at radius 3 is 2.95 bits per heavy atom. The highest BCUT2D eigenvalue weighted by Crippen LogP contribution is 2.27. The van der Waals surface area contributed by atoms with Gasteiger partial charge in [-0.2, -0.15) is 0 Å². The van der Waals surface area contributed by atoms with Crippen LogP contribution in [0.25, 0.3) is 10.6 Å². The maximum absolute atomic E-state index is 13.4. The zero-order chi connectivity index (χ0) is 13.9. The molecule has 3 nitrogen and oxygen atoms in total. The highest BCUT2D eigenvalue weighted by Gasteiger charge is 2.19. The zero-order valence-corrected chi connectivity index (χ0v) is 12.5. The van der Waals surface area contributed by atoms with Gasteiger partial charge in [-0.15, -0.1) is 10.2 Å².